The summed E-state index contributed by atoms with van der Waals surface area (Å²) in [6.07, 6.45) is 10.7. The fourth-order valence-corrected chi connectivity index (χ4v) is 1.51. The molecule has 0 saturated heterocycles. The number of rotatable bonds is 7. The third-order valence-electron chi connectivity index (χ3n) is 2.31. The Kier molecular flexibility index (Phi) is 5.33. The Labute approximate surface area is 90.0 Å². The molecule has 0 aliphatic heterocycles. The van der Waals surface area contributed by atoms with Crippen LogP contribution in [0.3, 0.4) is 0 Å². The Morgan fingerprint density at radius 1 is 1.33 bits per heavy atom. The van der Waals surface area contributed by atoms with E-state index in [0.717, 1.165) is 19.4 Å². The Hall–Kier alpha value is -1.48. The fourth-order valence-electron chi connectivity index (χ4n) is 1.51. The number of hydrogen-bond donors (Lipinski definition) is 0. The van der Waals surface area contributed by atoms with Gasteiger partial charge in [0, 0.05) is 11.5 Å². The average Bonchev–Trinajstić information content (AvgIpc) is 2.63. The smallest absolute Gasteiger partial charge is 0.240 e. The Balaban J connectivity index is 2.00. The van der Waals surface area contributed by atoms with Crippen LogP contribution in [-0.2, 0) is 13.6 Å². The summed E-state index contributed by atoms with van der Waals surface area (Å²) in [7, 11) is 2.02. The maximum Gasteiger partial charge on any atom is 0.243 e. The van der Waals surface area contributed by atoms with Crippen molar-refractivity contribution >= 4 is 0 Å². The van der Waals surface area contributed by atoms with Gasteiger partial charge in [0.15, 0.2) is 0 Å². The molecule has 0 fully saturated rings. The summed E-state index contributed by atoms with van der Waals surface area (Å²) in [6.45, 7) is 1.71. The van der Waals surface area contributed by atoms with E-state index in [1.165, 1.54) is 12.8 Å². The van der Waals surface area contributed by atoms with E-state index in [2.05, 4.69) is 27.1 Å². The first-order chi connectivity index (χ1) is 7.33. The zero-order valence-electron chi connectivity index (χ0n) is 9.21. The molecule has 1 rings (SSSR count). The number of imidazole rings is 1. The van der Waals surface area contributed by atoms with Gasteiger partial charge in [-0.2, -0.15) is 0 Å². The first kappa shape index (κ1) is 11.6. The van der Waals surface area contributed by atoms with Gasteiger partial charge >= 0.3 is 0 Å². The lowest BCUT2D eigenvalue weighted by Gasteiger charge is -1.97. The molecule has 0 bridgehead atoms. The largest absolute Gasteiger partial charge is 0.243 e. The second-order valence-electron chi connectivity index (χ2n) is 3.69. The number of nitrogens with zero attached hydrogens (tertiary/aromatic N) is 5. The number of hydrogen-bond acceptors (Lipinski definition) is 1. The molecule has 0 amide bonds. The maximum absolute atomic E-state index is 8.07. The van der Waals surface area contributed by atoms with Gasteiger partial charge in [-0.1, -0.05) is 11.5 Å². The molecule has 0 aliphatic carbocycles. The van der Waals surface area contributed by atoms with E-state index >= 15 is 0 Å². The zero-order chi connectivity index (χ0) is 10.9. The third-order valence-corrected chi connectivity index (χ3v) is 2.31. The van der Waals surface area contributed by atoms with Crippen LogP contribution in [0.25, 0.3) is 10.4 Å². The molecule has 0 aromatic carbocycles. The first-order valence-corrected chi connectivity index (χ1v) is 5.35. The molecule has 0 radical (unpaired) electrons. The SMILES string of the molecule is C[n+]1ccn(CCCCCCN=[N+]=[N-])c1. The van der Waals surface area contributed by atoms with Crippen LogP contribution in [0.1, 0.15) is 25.7 Å². The zero-order valence-corrected chi connectivity index (χ0v) is 9.21. The van der Waals surface area contributed by atoms with Crippen LogP contribution < -0.4 is 4.57 Å². The van der Waals surface area contributed by atoms with E-state index in [0.29, 0.717) is 6.54 Å². The van der Waals surface area contributed by atoms with Gasteiger partial charge in [0.1, 0.15) is 12.4 Å². The van der Waals surface area contributed by atoms with Crippen LogP contribution in [0.4, 0.5) is 0 Å². The van der Waals surface area contributed by atoms with E-state index < -0.39 is 0 Å². The number of unbranched alkanes of at least 4 members (excludes halogenated alkanes) is 3. The summed E-state index contributed by atoms with van der Waals surface area (Å²) in [5.74, 6) is 0. The van der Waals surface area contributed by atoms with Crippen molar-refractivity contribution in [3.05, 3.63) is 29.2 Å². The Bertz CT molecular complexity index is 324. The summed E-state index contributed by atoms with van der Waals surface area (Å²) in [5.41, 5.74) is 8.07. The highest BCUT2D eigenvalue weighted by Gasteiger charge is 1.98. The van der Waals surface area contributed by atoms with E-state index in [4.69, 9.17) is 5.53 Å². The number of azide groups is 1. The summed E-state index contributed by atoms with van der Waals surface area (Å²) >= 11 is 0. The quantitative estimate of drug-likeness (QED) is 0.217. The number of aromatic nitrogens is 2. The highest BCUT2D eigenvalue weighted by Crippen LogP contribution is 2.02. The van der Waals surface area contributed by atoms with Gasteiger partial charge in [0.25, 0.3) is 0 Å². The molecule has 0 aliphatic rings. The maximum atomic E-state index is 8.07. The number of aryl methyl sites for hydroxylation is 2. The lowest BCUT2D eigenvalue weighted by atomic mass is 10.2. The van der Waals surface area contributed by atoms with E-state index in [-0.39, 0.29) is 0 Å². The molecular weight excluding hydrogens is 190 g/mol. The Morgan fingerprint density at radius 3 is 2.80 bits per heavy atom. The molecule has 0 atom stereocenters. The molecule has 1 aromatic rings. The van der Waals surface area contributed by atoms with Gasteiger partial charge in [0.05, 0.1) is 13.6 Å². The minimum absolute atomic E-state index is 0.634. The molecule has 5 heteroatoms. The minimum atomic E-state index is 0.634. The van der Waals surface area contributed by atoms with Gasteiger partial charge in [-0.3, -0.25) is 0 Å². The van der Waals surface area contributed by atoms with Crippen LogP contribution in [0.5, 0.6) is 0 Å². The highest BCUT2D eigenvalue weighted by molar-refractivity contribution is 4.65. The van der Waals surface area contributed by atoms with Crippen molar-refractivity contribution in [2.75, 3.05) is 6.54 Å². The predicted molar refractivity (Wildman–Crippen MR) is 58.1 cm³/mol. The second kappa shape index (κ2) is 6.90. The predicted octanol–water partition coefficient (Wildman–Crippen LogP) is 2.18. The molecule has 82 valence electrons. The van der Waals surface area contributed by atoms with E-state index in [1.54, 1.807) is 0 Å². The van der Waals surface area contributed by atoms with Crippen LogP contribution >= 0.6 is 0 Å². The average molecular weight is 208 g/mol. The van der Waals surface area contributed by atoms with Crippen molar-refractivity contribution in [3.63, 3.8) is 0 Å². The lowest BCUT2D eigenvalue weighted by molar-refractivity contribution is -0.671. The van der Waals surface area contributed by atoms with Crippen LogP contribution in [0, 0.1) is 0 Å². The molecule has 1 heterocycles. The molecule has 0 spiro atoms. The van der Waals surface area contributed by atoms with Crippen LogP contribution in [-0.4, -0.2) is 11.1 Å². The molecule has 0 unspecified atom stereocenters. The van der Waals surface area contributed by atoms with Crippen molar-refractivity contribution in [2.45, 2.75) is 32.2 Å². The Morgan fingerprint density at radius 2 is 2.13 bits per heavy atom. The van der Waals surface area contributed by atoms with Crippen molar-refractivity contribution in [3.8, 4) is 0 Å². The minimum Gasteiger partial charge on any atom is -0.240 e. The van der Waals surface area contributed by atoms with Crippen molar-refractivity contribution in [1.29, 1.82) is 0 Å². The van der Waals surface area contributed by atoms with E-state index in [9.17, 15) is 0 Å². The van der Waals surface area contributed by atoms with Gasteiger partial charge in [0.2, 0.25) is 6.33 Å². The molecule has 0 N–H and O–H groups in total. The molecule has 5 nitrogen and oxygen atoms in total. The lowest BCUT2D eigenvalue weighted by Crippen LogP contribution is -2.23. The van der Waals surface area contributed by atoms with Crippen LogP contribution in [0.15, 0.2) is 23.8 Å². The third kappa shape index (κ3) is 5.08. The molecule has 0 saturated carbocycles. The van der Waals surface area contributed by atoms with Crippen molar-refractivity contribution < 1.29 is 4.57 Å². The highest BCUT2D eigenvalue weighted by atomic mass is 15.1. The van der Waals surface area contributed by atoms with E-state index in [1.807, 2.05) is 17.8 Å². The molecular formula is C10H18N5+. The standard InChI is InChI=1S/C10H18N5/c1-14-8-9-15(10-14)7-5-3-2-4-6-12-13-11/h8-10H,2-7H2,1H3/q+1. The van der Waals surface area contributed by atoms with Gasteiger partial charge in [-0.05, 0) is 24.8 Å². The summed E-state index contributed by atoms with van der Waals surface area (Å²) in [4.78, 5) is 2.72. The van der Waals surface area contributed by atoms with Gasteiger partial charge in [-0.25, -0.2) is 9.13 Å². The van der Waals surface area contributed by atoms with Crippen molar-refractivity contribution in [2.24, 2.45) is 12.2 Å². The first-order valence-electron chi connectivity index (χ1n) is 5.35. The van der Waals surface area contributed by atoms with Crippen LogP contribution in [0.2, 0.25) is 0 Å². The topological polar surface area (TPSA) is 57.6 Å². The fraction of sp³-hybridized carbons (Fsp3) is 0.700. The molecule has 1 aromatic heterocycles. The monoisotopic (exact) mass is 208 g/mol. The van der Waals surface area contributed by atoms with Crippen molar-refractivity contribution in [1.82, 2.24) is 4.57 Å². The van der Waals surface area contributed by atoms with Gasteiger partial charge in [-0.15, -0.1) is 0 Å². The molecule has 15 heavy (non-hydrogen) atoms. The summed E-state index contributed by atoms with van der Waals surface area (Å²) in [6, 6.07) is 0. The summed E-state index contributed by atoms with van der Waals surface area (Å²) in [5, 5.41) is 3.50. The van der Waals surface area contributed by atoms with Gasteiger partial charge < -0.3 is 0 Å². The summed E-state index contributed by atoms with van der Waals surface area (Å²) < 4.78 is 4.23. The normalized spacial score (nSPS) is 9.93. The second-order valence-corrected chi connectivity index (χ2v) is 3.69.